The third-order valence-electron chi connectivity index (χ3n) is 2.04. The Kier molecular flexibility index (Phi) is 2.86. The summed E-state index contributed by atoms with van der Waals surface area (Å²) >= 11 is 0. The Hall–Kier alpha value is -2.30. The van der Waals surface area contributed by atoms with Crippen molar-refractivity contribution in [1.82, 2.24) is 10.5 Å². The van der Waals surface area contributed by atoms with E-state index in [4.69, 9.17) is 9.63 Å². The smallest absolute Gasteiger partial charge is 0.405 e. The summed E-state index contributed by atoms with van der Waals surface area (Å²) in [5.41, 5.74) is 1.63. The predicted octanol–water partition coefficient (Wildman–Crippen LogP) is 2.11. The highest BCUT2D eigenvalue weighted by atomic mass is 16.5. The molecule has 2 N–H and O–H groups in total. The van der Waals surface area contributed by atoms with Gasteiger partial charge in [0.1, 0.15) is 5.69 Å². The Morgan fingerprint density at radius 2 is 2.12 bits per heavy atom. The summed E-state index contributed by atoms with van der Waals surface area (Å²) in [6.45, 7) is 0.120. The molecule has 0 spiro atoms. The van der Waals surface area contributed by atoms with Gasteiger partial charge in [-0.2, -0.15) is 0 Å². The first-order chi connectivity index (χ1) is 7.75. The average molecular weight is 218 g/mol. The van der Waals surface area contributed by atoms with Gasteiger partial charge in [-0.15, -0.1) is 0 Å². The molecule has 0 aliphatic heterocycles. The molecule has 1 aromatic carbocycles. The van der Waals surface area contributed by atoms with E-state index in [0.717, 1.165) is 5.56 Å². The van der Waals surface area contributed by atoms with E-state index in [2.05, 4.69) is 10.5 Å². The van der Waals surface area contributed by atoms with Crippen LogP contribution < -0.4 is 5.32 Å². The zero-order valence-corrected chi connectivity index (χ0v) is 8.38. The van der Waals surface area contributed by atoms with Crippen molar-refractivity contribution >= 4 is 6.09 Å². The SMILES string of the molecule is O=C(O)NCc1cc(-c2ccccc2)no1. The molecule has 2 rings (SSSR count). The quantitative estimate of drug-likeness (QED) is 0.827. The van der Waals surface area contributed by atoms with Gasteiger partial charge in [-0.25, -0.2) is 4.79 Å². The second kappa shape index (κ2) is 4.48. The number of carboxylic acid groups (broad SMARTS) is 1. The van der Waals surface area contributed by atoms with Crippen LogP contribution in [0.5, 0.6) is 0 Å². The lowest BCUT2D eigenvalue weighted by atomic mass is 10.1. The standard InChI is InChI=1S/C11H10N2O3/c14-11(15)12-7-9-6-10(13-16-9)8-4-2-1-3-5-8/h1-6,12H,7H2,(H,14,15). The number of amides is 1. The zero-order valence-electron chi connectivity index (χ0n) is 8.38. The lowest BCUT2D eigenvalue weighted by Gasteiger charge is -1.93. The first kappa shape index (κ1) is 10.2. The molecule has 0 unspecified atom stereocenters. The molecule has 1 aromatic heterocycles. The zero-order chi connectivity index (χ0) is 11.4. The van der Waals surface area contributed by atoms with Crippen LogP contribution in [0.4, 0.5) is 4.79 Å². The van der Waals surface area contributed by atoms with E-state index in [1.54, 1.807) is 6.07 Å². The number of rotatable bonds is 3. The summed E-state index contributed by atoms with van der Waals surface area (Å²) in [6, 6.07) is 11.2. The topological polar surface area (TPSA) is 75.4 Å². The fraction of sp³-hybridized carbons (Fsp3) is 0.0909. The highest BCUT2D eigenvalue weighted by Crippen LogP contribution is 2.18. The van der Waals surface area contributed by atoms with E-state index in [1.807, 2.05) is 30.3 Å². The van der Waals surface area contributed by atoms with Gasteiger partial charge in [-0.05, 0) is 0 Å². The highest BCUT2D eigenvalue weighted by molar-refractivity contribution is 5.64. The van der Waals surface area contributed by atoms with Crippen molar-refractivity contribution in [1.29, 1.82) is 0 Å². The van der Waals surface area contributed by atoms with E-state index in [-0.39, 0.29) is 6.54 Å². The Bertz CT molecular complexity index is 479. The van der Waals surface area contributed by atoms with Gasteiger partial charge < -0.3 is 14.9 Å². The van der Waals surface area contributed by atoms with E-state index >= 15 is 0 Å². The molecule has 16 heavy (non-hydrogen) atoms. The van der Waals surface area contributed by atoms with Crippen LogP contribution in [0.1, 0.15) is 5.76 Å². The van der Waals surface area contributed by atoms with Gasteiger partial charge in [0.25, 0.3) is 0 Å². The van der Waals surface area contributed by atoms with Crippen LogP contribution in [0.25, 0.3) is 11.3 Å². The van der Waals surface area contributed by atoms with Crippen LogP contribution in [0.15, 0.2) is 40.9 Å². The second-order valence-electron chi connectivity index (χ2n) is 3.20. The van der Waals surface area contributed by atoms with E-state index in [1.165, 1.54) is 0 Å². The van der Waals surface area contributed by atoms with Crippen LogP contribution in [-0.2, 0) is 6.54 Å². The number of nitrogens with zero attached hydrogens (tertiary/aromatic N) is 1. The molecule has 5 nitrogen and oxygen atoms in total. The van der Waals surface area contributed by atoms with Gasteiger partial charge in [-0.3, -0.25) is 0 Å². The van der Waals surface area contributed by atoms with Crippen molar-refractivity contribution in [3.63, 3.8) is 0 Å². The fourth-order valence-electron chi connectivity index (χ4n) is 1.30. The maximum Gasteiger partial charge on any atom is 0.405 e. The van der Waals surface area contributed by atoms with Crippen LogP contribution in [-0.4, -0.2) is 16.4 Å². The maximum atomic E-state index is 10.3. The molecule has 0 bridgehead atoms. The molecule has 1 heterocycles. The van der Waals surface area contributed by atoms with E-state index in [9.17, 15) is 4.79 Å². The summed E-state index contributed by atoms with van der Waals surface area (Å²) in [6.07, 6.45) is -1.09. The van der Waals surface area contributed by atoms with Crippen molar-refractivity contribution < 1.29 is 14.4 Å². The molecule has 0 aliphatic rings. The Labute approximate surface area is 91.7 Å². The van der Waals surface area contributed by atoms with Crippen molar-refractivity contribution in [3.8, 4) is 11.3 Å². The second-order valence-corrected chi connectivity index (χ2v) is 3.20. The molecule has 1 amide bonds. The van der Waals surface area contributed by atoms with Crippen LogP contribution in [0.3, 0.4) is 0 Å². The summed E-state index contributed by atoms with van der Waals surface area (Å²) in [5, 5.41) is 14.5. The molecule has 0 aliphatic carbocycles. The van der Waals surface area contributed by atoms with Crippen LogP contribution in [0.2, 0.25) is 0 Å². The number of benzene rings is 1. The number of carbonyl (C=O) groups is 1. The number of nitrogens with one attached hydrogen (secondary N) is 1. The molecule has 0 atom stereocenters. The molecule has 0 fully saturated rings. The Balaban J connectivity index is 2.11. The van der Waals surface area contributed by atoms with Crippen molar-refractivity contribution in [2.24, 2.45) is 0 Å². The van der Waals surface area contributed by atoms with Gasteiger partial charge in [0, 0.05) is 11.6 Å². The lowest BCUT2D eigenvalue weighted by molar-refractivity contribution is 0.192. The molecule has 82 valence electrons. The molecule has 5 heteroatoms. The number of aromatic nitrogens is 1. The van der Waals surface area contributed by atoms with Gasteiger partial charge in [-0.1, -0.05) is 35.5 Å². The van der Waals surface area contributed by atoms with Crippen molar-refractivity contribution in [3.05, 3.63) is 42.2 Å². The Morgan fingerprint density at radius 1 is 1.38 bits per heavy atom. The van der Waals surface area contributed by atoms with Gasteiger partial charge in [0.2, 0.25) is 0 Å². The number of hydrogen-bond acceptors (Lipinski definition) is 3. The molecule has 0 saturated heterocycles. The maximum absolute atomic E-state index is 10.3. The molecule has 0 saturated carbocycles. The van der Waals surface area contributed by atoms with Gasteiger partial charge in [0.15, 0.2) is 5.76 Å². The molecule has 2 aromatic rings. The summed E-state index contributed by atoms with van der Waals surface area (Å²) in [7, 11) is 0. The lowest BCUT2D eigenvalue weighted by Crippen LogP contribution is -2.19. The first-order valence-electron chi connectivity index (χ1n) is 4.73. The first-order valence-corrected chi connectivity index (χ1v) is 4.73. The van der Waals surface area contributed by atoms with Crippen LogP contribution in [0, 0.1) is 0 Å². The summed E-state index contributed by atoms with van der Waals surface area (Å²) < 4.78 is 4.99. The number of hydrogen-bond donors (Lipinski definition) is 2. The largest absolute Gasteiger partial charge is 0.465 e. The minimum atomic E-state index is -1.09. The monoisotopic (exact) mass is 218 g/mol. The van der Waals surface area contributed by atoms with Gasteiger partial charge >= 0.3 is 6.09 Å². The van der Waals surface area contributed by atoms with E-state index < -0.39 is 6.09 Å². The van der Waals surface area contributed by atoms with Crippen molar-refractivity contribution in [2.75, 3.05) is 0 Å². The minimum Gasteiger partial charge on any atom is -0.465 e. The normalized spacial score (nSPS) is 10.0. The minimum absolute atomic E-state index is 0.120. The fourth-order valence-corrected chi connectivity index (χ4v) is 1.30. The third-order valence-corrected chi connectivity index (χ3v) is 2.04. The molecule has 0 radical (unpaired) electrons. The van der Waals surface area contributed by atoms with E-state index in [0.29, 0.717) is 11.5 Å². The predicted molar refractivity (Wildman–Crippen MR) is 56.8 cm³/mol. The highest BCUT2D eigenvalue weighted by Gasteiger charge is 2.06. The van der Waals surface area contributed by atoms with Crippen LogP contribution >= 0.6 is 0 Å². The molecular formula is C11H10N2O3. The Morgan fingerprint density at radius 3 is 2.81 bits per heavy atom. The van der Waals surface area contributed by atoms with Gasteiger partial charge in [0.05, 0.1) is 6.54 Å². The summed E-state index contributed by atoms with van der Waals surface area (Å²) in [5.74, 6) is 0.487. The third kappa shape index (κ3) is 2.38. The average Bonchev–Trinajstić information content (AvgIpc) is 2.76. The van der Waals surface area contributed by atoms with Crippen molar-refractivity contribution in [2.45, 2.75) is 6.54 Å². The summed E-state index contributed by atoms with van der Waals surface area (Å²) in [4.78, 5) is 10.3. The molecular weight excluding hydrogens is 208 g/mol.